The first kappa shape index (κ1) is 9.49. The van der Waals surface area contributed by atoms with Gasteiger partial charge in [0.05, 0.1) is 0 Å². The molecule has 0 bridgehead atoms. The monoisotopic (exact) mass is 153 g/mol. The van der Waals surface area contributed by atoms with Crippen LogP contribution in [0.2, 0.25) is 0 Å². The van der Waals surface area contributed by atoms with Gasteiger partial charge in [0.2, 0.25) is 0 Å². The molecule has 1 nitrogen and oxygen atoms in total. The summed E-state index contributed by atoms with van der Waals surface area (Å²) in [6.07, 6.45) is -4.48. The molecule has 0 rings (SSSR count). The minimum atomic E-state index is -4.29. The maximum Gasteiger partial charge on any atom is 0.403 e. The summed E-state index contributed by atoms with van der Waals surface area (Å²) in [5.41, 5.74) is 5.21. The summed E-state index contributed by atoms with van der Waals surface area (Å²) in [4.78, 5) is 0. The third-order valence-electron chi connectivity index (χ3n) is 0.989. The Morgan fingerprint density at radius 3 is 2.10 bits per heavy atom. The molecule has 4 heteroatoms. The third-order valence-corrected chi connectivity index (χ3v) is 0.989. The van der Waals surface area contributed by atoms with Crippen molar-refractivity contribution in [2.45, 2.75) is 25.6 Å². The van der Waals surface area contributed by atoms with Crippen molar-refractivity contribution < 1.29 is 13.2 Å². The summed E-state index contributed by atoms with van der Waals surface area (Å²) in [5, 5.41) is 0. The fourth-order valence-corrected chi connectivity index (χ4v) is 0.491. The highest BCUT2D eigenvalue weighted by Crippen LogP contribution is 2.22. The fraction of sp³-hybridized carbons (Fsp3) is 0.667. The summed E-state index contributed by atoms with van der Waals surface area (Å²) < 4.78 is 34.9. The minimum absolute atomic E-state index is 0.191. The predicted molar refractivity (Wildman–Crippen MR) is 33.5 cm³/mol. The lowest BCUT2D eigenvalue weighted by Crippen LogP contribution is -2.37. The first-order valence-electron chi connectivity index (χ1n) is 2.80. The quantitative estimate of drug-likeness (QED) is 0.602. The van der Waals surface area contributed by atoms with E-state index in [1.54, 1.807) is 0 Å². The summed E-state index contributed by atoms with van der Waals surface area (Å²) >= 11 is 0. The third kappa shape index (κ3) is 3.50. The van der Waals surface area contributed by atoms with E-state index >= 15 is 0 Å². The van der Waals surface area contributed by atoms with Gasteiger partial charge in [0.25, 0.3) is 0 Å². The van der Waals surface area contributed by atoms with Gasteiger partial charge in [-0.1, -0.05) is 5.57 Å². The van der Waals surface area contributed by atoms with Crippen LogP contribution in [0.4, 0.5) is 13.2 Å². The van der Waals surface area contributed by atoms with Crippen LogP contribution in [0.5, 0.6) is 0 Å². The molecule has 0 aromatic rings. The Kier molecular flexibility index (Phi) is 2.90. The highest BCUT2D eigenvalue weighted by Gasteiger charge is 2.36. The molecule has 0 spiro atoms. The van der Waals surface area contributed by atoms with E-state index in [0.717, 1.165) is 0 Å². The number of hydrogen-bond acceptors (Lipinski definition) is 1. The summed E-state index contributed by atoms with van der Waals surface area (Å²) in [7, 11) is 0. The number of hydrogen-bond donors (Lipinski definition) is 1. The highest BCUT2D eigenvalue weighted by molar-refractivity contribution is 4.93. The number of rotatable bonds is 2. The Morgan fingerprint density at radius 2 is 2.00 bits per heavy atom. The number of nitrogens with two attached hydrogens (primary N) is 1. The first-order chi connectivity index (χ1) is 4.34. The van der Waals surface area contributed by atoms with Crippen molar-refractivity contribution in [1.82, 2.24) is 0 Å². The second kappa shape index (κ2) is 3.05. The molecule has 0 aliphatic rings. The van der Waals surface area contributed by atoms with Crippen LogP contribution < -0.4 is 5.73 Å². The Hall–Kier alpha value is -0.510. The van der Waals surface area contributed by atoms with Gasteiger partial charge >= 0.3 is 6.18 Å². The zero-order valence-corrected chi connectivity index (χ0v) is 5.70. The van der Waals surface area contributed by atoms with Crippen molar-refractivity contribution in [1.29, 1.82) is 0 Å². The molecule has 0 amide bonds. The van der Waals surface area contributed by atoms with Gasteiger partial charge in [-0.3, -0.25) is 0 Å². The van der Waals surface area contributed by atoms with Crippen LogP contribution in [0.3, 0.4) is 0 Å². The lowest BCUT2D eigenvalue weighted by atomic mass is 10.1. The molecule has 2 N–H and O–H groups in total. The molecular formula is C6H10F3N. The Labute approximate surface area is 57.7 Å². The molecule has 0 aromatic heterocycles. The molecule has 0 unspecified atom stereocenters. The molecule has 0 aliphatic heterocycles. The van der Waals surface area contributed by atoms with Crippen molar-refractivity contribution >= 4 is 0 Å². The molecule has 0 aromatic carbocycles. The molecular weight excluding hydrogens is 143 g/mol. The molecule has 0 saturated heterocycles. The van der Waals surface area contributed by atoms with Crippen molar-refractivity contribution in [2.24, 2.45) is 5.73 Å². The second-order valence-corrected chi connectivity index (χ2v) is 2.31. The van der Waals surface area contributed by atoms with Crippen molar-refractivity contribution in [3.8, 4) is 0 Å². The van der Waals surface area contributed by atoms with Crippen LogP contribution in [-0.2, 0) is 0 Å². The molecule has 0 fully saturated rings. The van der Waals surface area contributed by atoms with E-state index in [0.29, 0.717) is 5.57 Å². The fourth-order valence-electron chi connectivity index (χ4n) is 0.491. The van der Waals surface area contributed by atoms with Gasteiger partial charge in [0, 0.05) is 0 Å². The van der Waals surface area contributed by atoms with Crippen LogP contribution in [-0.4, -0.2) is 12.2 Å². The molecule has 60 valence electrons. The van der Waals surface area contributed by atoms with Crippen LogP contribution in [0.15, 0.2) is 12.2 Å². The SMILES string of the molecule is C=C(C)C[C@@H](N)C(F)(F)F. The zero-order valence-electron chi connectivity index (χ0n) is 5.70. The Bertz CT molecular complexity index is 127. The Morgan fingerprint density at radius 1 is 1.60 bits per heavy atom. The summed E-state index contributed by atoms with van der Waals surface area (Å²) in [6, 6.07) is -1.76. The molecule has 10 heavy (non-hydrogen) atoms. The van der Waals surface area contributed by atoms with Gasteiger partial charge in [-0.15, -0.1) is 6.58 Å². The van der Waals surface area contributed by atoms with E-state index in [4.69, 9.17) is 5.73 Å². The molecule has 0 radical (unpaired) electrons. The van der Waals surface area contributed by atoms with E-state index in [1.165, 1.54) is 6.92 Å². The van der Waals surface area contributed by atoms with Crippen LogP contribution in [0, 0.1) is 0 Å². The van der Waals surface area contributed by atoms with Gasteiger partial charge < -0.3 is 5.73 Å². The minimum Gasteiger partial charge on any atom is -0.320 e. The average molecular weight is 153 g/mol. The maximum atomic E-state index is 11.6. The van der Waals surface area contributed by atoms with Gasteiger partial charge in [-0.2, -0.15) is 13.2 Å². The summed E-state index contributed by atoms with van der Waals surface area (Å²) in [5.74, 6) is 0. The molecule has 0 saturated carbocycles. The van der Waals surface area contributed by atoms with Gasteiger partial charge in [-0.05, 0) is 13.3 Å². The standard InChI is InChI=1S/C6H10F3N/c1-4(2)3-5(10)6(7,8)9/h5H,1,3,10H2,2H3/t5-/m1/s1. The first-order valence-corrected chi connectivity index (χ1v) is 2.80. The van der Waals surface area contributed by atoms with E-state index < -0.39 is 12.2 Å². The second-order valence-electron chi connectivity index (χ2n) is 2.31. The lowest BCUT2D eigenvalue weighted by Gasteiger charge is -2.14. The van der Waals surface area contributed by atoms with Crippen molar-refractivity contribution in [3.63, 3.8) is 0 Å². The highest BCUT2D eigenvalue weighted by atomic mass is 19.4. The normalized spacial score (nSPS) is 14.9. The lowest BCUT2D eigenvalue weighted by molar-refractivity contribution is -0.147. The smallest absolute Gasteiger partial charge is 0.320 e. The zero-order chi connectivity index (χ0) is 8.36. The van der Waals surface area contributed by atoms with Crippen LogP contribution >= 0.6 is 0 Å². The summed E-state index contributed by atoms with van der Waals surface area (Å²) in [6.45, 7) is 4.85. The molecule has 1 atom stereocenters. The van der Waals surface area contributed by atoms with Crippen LogP contribution in [0.1, 0.15) is 13.3 Å². The van der Waals surface area contributed by atoms with Crippen LogP contribution in [0.25, 0.3) is 0 Å². The number of halogens is 3. The van der Waals surface area contributed by atoms with Gasteiger partial charge in [0.1, 0.15) is 6.04 Å². The van der Waals surface area contributed by atoms with Gasteiger partial charge in [-0.25, -0.2) is 0 Å². The largest absolute Gasteiger partial charge is 0.403 e. The average Bonchev–Trinajstić information content (AvgIpc) is 1.60. The predicted octanol–water partition coefficient (Wildman–Crippen LogP) is 1.84. The van der Waals surface area contributed by atoms with E-state index in [2.05, 4.69) is 6.58 Å². The van der Waals surface area contributed by atoms with E-state index in [-0.39, 0.29) is 6.42 Å². The molecule has 0 aliphatic carbocycles. The van der Waals surface area contributed by atoms with Crippen molar-refractivity contribution in [2.75, 3.05) is 0 Å². The maximum absolute atomic E-state index is 11.6. The van der Waals surface area contributed by atoms with E-state index in [9.17, 15) is 13.2 Å². The topological polar surface area (TPSA) is 26.0 Å². The van der Waals surface area contributed by atoms with Gasteiger partial charge in [0.15, 0.2) is 0 Å². The molecule has 0 heterocycles. The number of alkyl halides is 3. The Balaban J connectivity index is 3.85. The van der Waals surface area contributed by atoms with E-state index in [1.807, 2.05) is 0 Å². The van der Waals surface area contributed by atoms with Crippen molar-refractivity contribution in [3.05, 3.63) is 12.2 Å².